The van der Waals surface area contributed by atoms with Gasteiger partial charge in [0.25, 0.3) is 5.91 Å². The molecule has 31 heavy (non-hydrogen) atoms. The molecule has 3 aromatic rings. The first kappa shape index (κ1) is 21.0. The molecule has 1 amide bonds. The van der Waals surface area contributed by atoms with E-state index in [0.29, 0.717) is 17.3 Å². The molecule has 4 rings (SSSR count). The highest BCUT2D eigenvalue weighted by Gasteiger charge is 2.28. The second kappa shape index (κ2) is 8.49. The number of aryl methyl sites for hydroxylation is 1. The molecule has 0 saturated carbocycles. The van der Waals surface area contributed by atoms with Gasteiger partial charge in [-0.3, -0.25) is 9.78 Å². The Morgan fingerprint density at radius 3 is 2.74 bits per heavy atom. The number of ether oxygens (including phenoxy) is 1. The van der Waals surface area contributed by atoms with E-state index in [1.54, 1.807) is 23.9 Å². The number of fused-ring (bicyclic) bond motifs is 2. The summed E-state index contributed by atoms with van der Waals surface area (Å²) in [6.45, 7) is 7.72. The predicted octanol–water partition coefficient (Wildman–Crippen LogP) is 4.32. The largest absolute Gasteiger partial charge is 0.449 e. The summed E-state index contributed by atoms with van der Waals surface area (Å²) < 4.78 is 7.36. The molecule has 0 bridgehead atoms. The monoisotopic (exact) mass is 420 g/mol. The van der Waals surface area contributed by atoms with Crippen LogP contribution >= 0.6 is 0 Å². The number of benzene rings is 1. The highest BCUT2D eigenvalue weighted by molar-refractivity contribution is 6.06. The summed E-state index contributed by atoms with van der Waals surface area (Å²) in [6, 6.07) is 9.43. The smallest absolute Gasteiger partial charge is 0.339 e. The van der Waals surface area contributed by atoms with Crippen molar-refractivity contribution in [2.45, 2.75) is 59.1 Å². The van der Waals surface area contributed by atoms with Gasteiger partial charge in [-0.05, 0) is 57.6 Å². The molecule has 2 atom stereocenters. The predicted molar refractivity (Wildman–Crippen MR) is 119 cm³/mol. The topological polar surface area (TPSA) is 86.1 Å². The van der Waals surface area contributed by atoms with Crippen LogP contribution in [0.25, 0.3) is 10.9 Å². The molecule has 0 saturated heterocycles. The minimum atomic E-state index is -0.952. The number of hydrogen-bond donors (Lipinski definition) is 1. The van der Waals surface area contributed by atoms with E-state index in [1.807, 2.05) is 38.1 Å². The van der Waals surface area contributed by atoms with Crippen molar-refractivity contribution in [1.29, 1.82) is 0 Å². The van der Waals surface area contributed by atoms with Gasteiger partial charge in [-0.1, -0.05) is 25.1 Å². The summed E-state index contributed by atoms with van der Waals surface area (Å²) in [5.41, 5.74) is 3.23. The standard InChI is InChI=1S/C24H28N4O3/c1-14(2)28-21(11-12-25-28)27-23(29)16(4)31-24(30)22-17-7-5-6-8-19(17)26-20-10-9-15(3)13-18(20)22/h5-8,11-12,14-16H,9-10,13H2,1-4H3,(H,27,29)/t15-,16-/m0/s1. The molecular formula is C24H28N4O3. The lowest BCUT2D eigenvalue weighted by atomic mass is 9.84. The Balaban J connectivity index is 1.60. The number of nitrogens with one attached hydrogen (secondary N) is 1. The molecule has 1 aliphatic rings. The number of aromatic nitrogens is 3. The van der Waals surface area contributed by atoms with Crippen molar-refractivity contribution in [3.63, 3.8) is 0 Å². The van der Waals surface area contributed by atoms with E-state index in [-0.39, 0.29) is 6.04 Å². The minimum absolute atomic E-state index is 0.0971. The van der Waals surface area contributed by atoms with Crippen molar-refractivity contribution in [2.24, 2.45) is 5.92 Å². The van der Waals surface area contributed by atoms with Gasteiger partial charge in [0.2, 0.25) is 0 Å². The van der Waals surface area contributed by atoms with E-state index >= 15 is 0 Å². The fourth-order valence-corrected chi connectivity index (χ4v) is 4.12. The van der Waals surface area contributed by atoms with Crippen LogP contribution in [-0.4, -0.2) is 32.7 Å². The quantitative estimate of drug-likeness (QED) is 0.621. The molecule has 2 aromatic heterocycles. The SMILES string of the molecule is CC(C)n1nccc1NC(=O)[C@H](C)OC(=O)c1c2c(nc3ccccc13)CC[C@H](C)C2. The summed E-state index contributed by atoms with van der Waals surface area (Å²) in [6.07, 6.45) is 3.35. The van der Waals surface area contributed by atoms with Crippen LogP contribution < -0.4 is 5.32 Å². The van der Waals surface area contributed by atoms with E-state index in [1.165, 1.54) is 0 Å². The molecule has 1 aromatic carbocycles. The molecule has 1 aliphatic carbocycles. The van der Waals surface area contributed by atoms with Crippen molar-refractivity contribution in [1.82, 2.24) is 14.8 Å². The van der Waals surface area contributed by atoms with Crippen LogP contribution in [0, 0.1) is 5.92 Å². The number of para-hydroxylation sites is 1. The second-order valence-electron chi connectivity index (χ2n) is 8.57. The lowest BCUT2D eigenvalue weighted by molar-refractivity contribution is -0.123. The molecule has 7 heteroatoms. The third-order valence-electron chi connectivity index (χ3n) is 5.77. The van der Waals surface area contributed by atoms with Crippen LogP contribution in [0.4, 0.5) is 5.82 Å². The number of nitrogens with zero attached hydrogens (tertiary/aromatic N) is 3. The maximum atomic E-state index is 13.3. The van der Waals surface area contributed by atoms with Gasteiger partial charge in [0, 0.05) is 23.2 Å². The van der Waals surface area contributed by atoms with E-state index in [2.05, 4.69) is 17.3 Å². The normalized spacial score (nSPS) is 16.7. The van der Waals surface area contributed by atoms with Crippen molar-refractivity contribution in [2.75, 3.05) is 5.32 Å². The number of hydrogen-bond acceptors (Lipinski definition) is 5. The number of rotatable bonds is 5. The number of esters is 1. The van der Waals surface area contributed by atoms with Crippen LogP contribution in [0.15, 0.2) is 36.5 Å². The molecule has 1 N–H and O–H groups in total. The molecular weight excluding hydrogens is 392 g/mol. The molecule has 2 heterocycles. The Morgan fingerprint density at radius 2 is 1.97 bits per heavy atom. The van der Waals surface area contributed by atoms with Gasteiger partial charge in [0.05, 0.1) is 17.3 Å². The van der Waals surface area contributed by atoms with Gasteiger partial charge < -0.3 is 10.1 Å². The fraction of sp³-hybridized carbons (Fsp3) is 0.417. The highest BCUT2D eigenvalue weighted by atomic mass is 16.5. The Morgan fingerprint density at radius 1 is 1.19 bits per heavy atom. The second-order valence-corrected chi connectivity index (χ2v) is 8.57. The third-order valence-corrected chi connectivity index (χ3v) is 5.77. The Kier molecular flexibility index (Phi) is 5.76. The number of amides is 1. The van der Waals surface area contributed by atoms with Gasteiger partial charge in [-0.15, -0.1) is 0 Å². The molecule has 7 nitrogen and oxygen atoms in total. The zero-order valence-corrected chi connectivity index (χ0v) is 18.4. The highest BCUT2D eigenvalue weighted by Crippen LogP contribution is 2.32. The Bertz CT molecular complexity index is 1140. The summed E-state index contributed by atoms with van der Waals surface area (Å²) >= 11 is 0. The van der Waals surface area contributed by atoms with Crippen LogP contribution in [0.3, 0.4) is 0 Å². The summed E-state index contributed by atoms with van der Waals surface area (Å²) in [4.78, 5) is 30.8. The van der Waals surface area contributed by atoms with Crippen molar-refractivity contribution in [3.05, 3.63) is 53.3 Å². The first-order valence-corrected chi connectivity index (χ1v) is 10.8. The number of anilines is 1. The summed E-state index contributed by atoms with van der Waals surface area (Å²) in [5.74, 6) is 0.169. The molecule has 0 fully saturated rings. The molecule has 0 unspecified atom stereocenters. The van der Waals surface area contributed by atoms with Gasteiger partial charge in [0.1, 0.15) is 5.82 Å². The van der Waals surface area contributed by atoms with Crippen molar-refractivity contribution < 1.29 is 14.3 Å². The summed E-state index contributed by atoms with van der Waals surface area (Å²) in [5, 5.41) is 7.79. The van der Waals surface area contributed by atoms with Crippen LogP contribution in [0.2, 0.25) is 0 Å². The van der Waals surface area contributed by atoms with Gasteiger partial charge in [-0.2, -0.15) is 5.10 Å². The fourth-order valence-electron chi connectivity index (χ4n) is 4.12. The minimum Gasteiger partial charge on any atom is -0.449 e. The zero-order valence-electron chi connectivity index (χ0n) is 18.4. The number of carbonyl (C=O) groups excluding carboxylic acids is 2. The first-order chi connectivity index (χ1) is 14.8. The molecule has 0 aliphatic heterocycles. The number of pyridine rings is 1. The Hall–Kier alpha value is -3.22. The van der Waals surface area contributed by atoms with Crippen LogP contribution in [0.5, 0.6) is 0 Å². The van der Waals surface area contributed by atoms with E-state index in [4.69, 9.17) is 9.72 Å². The zero-order chi connectivity index (χ0) is 22.1. The van der Waals surface area contributed by atoms with Gasteiger partial charge >= 0.3 is 5.97 Å². The molecule has 0 radical (unpaired) electrons. The van der Waals surface area contributed by atoms with Crippen LogP contribution in [-0.2, 0) is 22.4 Å². The third kappa shape index (κ3) is 4.17. The first-order valence-electron chi connectivity index (χ1n) is 10.8. The van der Waals surface area contributed by atoms with Crippen molar-refractivity contribution >= 4 is 28.6 Å². The van der Waals surface area contributed by atoms with E-state index in [0.717, 1.165) is 41.4 Å². The average molecular weight is 421 g/mol. The average Bonchev–Trinajstić information content (AvgIpc) is 3.20. The lowest BCUT2D eigenvalue weighted by Crippen LogP contribution is -2.31. The van der Waals surface area contributed by atoms with Crippen molar-refractivity contribution in [3.8, 4) is 0 Å². The maximum absolute atomic E-state index is 13.3. The van der Waals surface area contributed by atoms with Gasteiger partial charge in [0.15, 0.2) is 6.10 Å². The van der Waals surface area contributed by atoms with E-state index in [9.17, 15) is 9.59 Å². The van der Waals surface area contributed by atoms with Gasteiger partial charge in [-0.25, -0.2) is 9.48 Å². The lowest BCUT2D eigenvalue weighted by Gasteiger charge is -2.24. The molecule has 0 spiro atoms. The van der Waals surface area contributed by atoms with E-state index < -0.39 is 18.0 Å². The molecule has 162 valence electrons. The maximum Gasteiger partial charge on any atom is 0.339 e. The van der Waals surface area contributed by atoms with Crippen LogP contribution in [0.1, 0.15) is 61.8 Å². The Labute approximate surface area is 181 Å². The number of carbonyl (C=O) groups is 2. The summed E-state index contributed by atoms with van der Waals surface area (Å²) in [7, 11) is 0.